The first-order valence-corrected chi connectivity index (χ1v) is 8.45. The van der Waals surface area contributed by atoms with Crippen LogP contribution >= 0.6 is 0 Å². The number of nitrogens with zero attached hydrogens (tertiary/aromatic N) is 2. The molecule has 0 aromatic rings. The van der Waals surface area contributed by atoms with Gasteiger partial charge in [0.1, 0.15) is 18.7 Å². The molecule has 3 N–H and O–H groups in total. The Kier molecular flexibility index (Phi) is 8.08. The lowest BCUT2D eigenvalue weighted by atomic mass is 9.95. The highest BCUT2D eigenvalue weighted by molar-refractivity contribution is 5.93. The number of carbonyl (C=O) groups excluding carboxylic acids is 1. The highest BCUT2D eigenvalue weighted by Crippen LogP contribution is 2.28. The Morgan fingerprint density at radius 2 is 2.20 bits per heavy atom. The first kappa shape index (κ1) is 21.1. The van der Waals surface area contributed by atoms with Crippen LogP contribution in [-0.4, -0.2) is 52.6 Å². The van der Waals surface area contributed by atoms with E-state index in [1.54, 1.807) is 31.0 Å². The van der Waals surface area contributed by atoms with E-state index in [0.29, 0.717) is 11.7 Å². The van der Waals surface area contributed by atoms with Crippen LogP contribution in [0.3, 0.4) is 0 Å². The van der Waals surface area contributed by atoms with Gasteiger partial charge in [-0.2, -0.15) is 0 Å². The fraction of sp³-hybridized carbons (Fsp3) is 0.647. The van der Waals surface area contributed by atoms with Gasteiger partial charge in [-0.05, 0) is 32.8 Å². The molecule has 1 saturated heterocycles. The Hall–Kier alpha value is -1.90. The fourth-order valence-electron chi connectivity index (χ4n) is 2.24. The zero-order valence-corrected chi connectivity index (χ0v) is 15.4. The molecular formula is C17H29N3O5. The number of aliphatic hydroxyl groups excluding tert-OH is 1. The van der Waals surface area contributed by atoms with Crippen molar-refractivity contribution in [3.8, 4) is 0 Å². The minimum atomic E-state index is -0.912. The summed E-state index contributed by atoms with van der Waals surface area (Å²) in [6.07, 6.45) is 4.37. The minimum Gasteiger partial charge on any atom is -0.462 e. The maximum atomic E-state index is 11.8. The van der Waals surface area contributed by atoms with Gasteiger partial charge >= 0.3 is 5.97 Å². The number of aliphatic hydroxyl groups is 1. The van der Waals surface area contributed by atoms with Crippen molar-refractivity contribution in [2.75, 3.05) is 13.2 Å². The fourth-order valence-corrected chi connectivity index (χ4v) is 2.24. The first-order chi connectivity index (χ1) is 11.9. The zero-order chi connectivity index (χ0) is 19.0. The minimum absolute atomic E-state index is 0.148. The van der Waals surface area contributed by atoms with Crippen molar-refractivity contribution < 1.29 is 24.6 Å². The van der Waals surface area contributed by atoms with Crippen molar-refractivity contribution in [1.82, 2.24) is 10.4 Å². The molecule has 2 rings (SSSR count). The van der Waals surface area contributed by atoms with Crippen molar-refractivity contribution in [2.24, 2.45) is 10.4 Å². The monoisotopic (exact) mass is 355 g/mol. The second kappa shape index (κ2) is 9.55. The molecule has 2 aliphatic heterocycles. The predicted molar refractivity (Wildman–Crippen MR) is 93.5 cm³/mol. The van der Waals surface area contributed by atoms with Gasteiger partial charge in [-0.25, -0.2) is 4.99 Å². The van der Waals surface area contributed by atoms with Gasteiger partial charge in [0.15, 0.2) is 5.84 Å². The summed E-state index contributed by atoms with van der Waals surface area (Å²) in [5.41, 5.74) is 1.05. The van der Waals surface area contributed by atoms with Crippen LogP contribution in [0.2, 0.25) is 0 Å². The highest BCUT2D eigenvalue weighted by Gasteiger charge is 2.34. The molecular weight excluding hydrogens is 326 g/mol. The van der Waals surface area contributed by atoms with E-state index >= 15 is 0 Å². The molecule has 0 saturated carbocycles. The van der Waals surface area contributed by atoms with E-state index in [0.717, 1.165) is 12.8 Å². The topological polar surface area (TPSA) is 104 Å². The van der Waals surface area contributed by atoms with Crippen LogP contribution in [0.1, 0.15) is 40.5 Å². The molecule has 2 atom stereocenters. The lowest BCUT2D eigenvalue weighted by Crippen LogP contribution is -2.35. The van der Waals surface area contributed by atoms with Crippen molar-refractivity contribution in [2.45, 2.75) is 52.9 Å². The van der Waals surface area contributed by atoms with Crippen molar-refractivity contribution in [3.05, 3.63) is 24.7 Å². The number of hydroxylamine groups is 1. The zero-order valence-electron chi connectivity index (χ0n) is 15.4. The summed E-state index contributed by atoms with van der Waals surface area (Å²) >= 11 is 0. The smallest absolute Gasteiger partial charge is 0.313 e. The number of rotatable bonds is 5. The second-order valence-corrected chi connectivity index (χ2v) is 6.18. The molecule has 8 heteroatoms. The van der Waals surface area contributed by atoms with Crippen molar-refractivity contribution >= 4 is 11.8 Å². The average Bonchev–Trinajstić information content (AvgIpc) is 3.09. The number of hydrogen-bond donors (Lipinski definition) is 3. The van der Waals surface area contributed by atoms with Gasteiger partial charge < -0.3 is 19.5 Å². The molecule has 2 heterocycles. The quantitative estimate of drug-likeness (QED) is 0.510. The largest absolute Gasteiger partial charge is 0.462 e. The number of esters is 1. The lowest BCUT2D eigenvalue weighted by molar-refractivity contribution is -0.161. The summed E-state index contributed by atoms with van der Waals surface area (Å²) in [6, 6.07) is 0. The summed E-state index contributed by atoms with van der Waals surface area (Å²) in [6.45, 7) is 11.0. The number of ether oxygens (including phenoxy) is 2. The molecule has 8 nitrogen and oxygen atoms in total. The number of amidine groups is 1. The first-order valence-electron chi connectivity index (χ1n) is 8.45. The average molecular weight is 355 g/mol. The maximum absolute atomic E-state index is 11.8. The van der Waals surface area contributed by atoms with Crippen LogP contribution < -0.4 is 5.48 Å². The third kappa shape index (κ3) is 5.55. The van der Waals surface area contributed by atoms with E-state index in [2.05, 4.69) is 11.6 Å². The van der Waals surface area contributed by atoms with Gasteiger partial charge in [0.05, 0.1) is 18.1 Å². The summed E-state index contributed by atoms with van der Waals surface area (Å²) < 4.78 is 11.1. The van der Waals surface area contributed by atoms with Gasteiger partial charge in [-0.1, -0.05) is 20.4 Å². The maximum Gasteiger partial charge on any atom is 0.313 e. The van der Waals surface area contributed by atoms with Gasteiger partial charge in [0.2, 0.25) is 0 Å². The highest BCUT2D eigenvalue weighted by atomic mass is 16.6. The van der Waals surface area contributed by atoms with Crippen molar-refractivity contribution in [3.63, 3.8) is 0 Å². The summed E-state index contributed by atoms with van der Waals surface area (Å²) in [5.74, 6) is 0.312. The lowest BCUT2D eigenvalue weighted by Gasteiger charge is -2.29. The Labute approximate surface area is 148 Å². The number of hydrogen-bond acceptors (Lipinski definition) is 8. The van der Waals surface area contributed by atoms with Gasteiger partial charge in [0.25, 0.3) is 0 Å². The standard InChI is InChI=1S/C15H23N3O5.C2H6/c1-10-16-12(17-21)6-7-18(10)13-5-4-11(23-13)8-22-14(20)15(2,3)9-19;1-2/h6-7,11,13,19,21H,1,4-5,8-9H2,2-3H3,(H,16,17);1-2H3. The Morgan fingerprint density at radius 3 is 2.76 bits per heavy atom. The second-order valence-electron chi connectivity index (χ2n) is 6.18. The van der Waals surface area contributed by atoms with Crippen molar-refractivity contribution in [1.29, 1.82) is 0 Å². The third-order valence-electron chi connectivity index (χ3n) is 3.80. The van der Waals surface area contributed by atoms with Gasteiger partial charge in [-0.15, -0.1) is 0 Å². The van der Waals surface area contributed by atoms with Crippen LogP contribution in [0, 0.1) is 5.41 Å². The summed E-state index contributed by atoms with van der Waals surface area (Å²) in [7, 11) is 0. The van der Waals surface area contributed by atoms with E-state index in [4.69, 9.17) is 19.8 Å². The SMILES string of the molecule is C=C1N=C(NO)C=CN1C1CCC(COC(=O)C(C)(C)CO)O1.CC. The molecule has 0 amide bonds. The summed E-state index contributed by atoms with van der Waals surface area (Å²) in [5, 5.41) is 18.0. The molecule has 1 fully saturated rings. The number of carbonyl (C=O) groups is 1. The summed E-state index contributed by atoms with van der Waals surface area (Å²) in [4.78, 5) is 17.7. The van der Waals surface area contributed by atoms with E-state index in [1.807, 2.05) is 19.3 Å². The molecule has 0 spiro atoms. The Morgan fingerprint density at radius 1 is 1.52 bits per heavy atom. The molecule has 2 aliphatic rings. The predicted octanol–water partition coefficient (Wildman–Crippen LogP) is 1.76. The molecule has 0 radical (unpaired) electrons. The number of aliphatic imine (C=N–C) groups is 1. The number of nitrogens with one attached hydrogen (secondary N) is 1. The van der Waals surface area contributed by atoms with E-state index in [1.165, 1.54) is 0 Å². The van der Waals surface area contributed by atoms with Crippen LogP contribution in [0.4, 0.5) is 0 Å². The van der Waals surface area contributed by atoms with E-state index in [-0.39, 0.29) is 25.5 Å². The third-order valence-corrected chi connectivity index (χ3v) is 3.80. The molecule has 2 unspecified atom stereocenters. The van der Waals surface area contributed by atoms with Crippen LogP contribution in [0.5, 0.6) is 0 Å². The Balaban J connectivity index is 0.00000151. The van der Waals surface area contributed by atoms with Crippen LogP contribution in [-0.2, 0) is 14.3 Å². The molecule has 0 aliphatic carbocycles. The normalized spacial score (nSPS) is 22.9. The molecule has 142 valence electrons. The molecule has 0 aromatic heterocycles. The van der Waals surface area contributed by atoms with Gasteiger partial charge in [0, 0.05) is 6.20 Å². The van der Waals surface area contributed by atoms with Gasteiger partial charge in [-0.3, -0.25) is 15.5 Å². The van der Waals surface area contributed by atoms with Crippen LogP contribution in [0.15, 0.2) is 29.7 Å². The molecule has 0 aromatic carbocycles. The molecule has 25 heavy (non-hydrogen) atoms. The Bertz CT molecular complexity index is 530. The van der Waals surface area contributed by atoms with E-state index < -0.39 is 11.4 Å². The van der Waals surface area contributed by atoms with Crippen LogP contribution in [0.25, 0.3) is 0 Å². The van der Waals surface area contributed by atoms with E-state index in [9.17, 15) is 4.79 Å². The molecule has 0 bridgehead atoms.